The molecule has 2 heterocycles. The molecule has 0 saturated carbocycles. The molecule has 0 spiro atoms. The van der Waals surface area contributed by atoms with E-state index in [0.717, 1.165) is 11.3 Å². The topological polar surface area (TPSA) is 66.6 Å². The summed E-state index contributed by atoms with van der Waals surface area (Å²) in [6, 6.07) is 5.69. The Morgan fingerprint density at radius 1 is 1.59 bits per heavy atom. The molecule has 2 aromatic heterocycles. The van der Waals surface area contributed by atoms with Gasteiger partial charge in [-0.3, -0.25) is 4.79 Å². The molecule has 0 aliphatic rings. The molecule has 0 aliphatic carbocycles. The van der Waals surface area contributed by atoms with Crippen molar-refractivity contribution in [3.8, 4) is 0 Å². The Hall–Kier alpha value is -1.88. The highest BCUT2D eigenvalue weighted by molar-refractivity contribution is 5.92. The third-order valence-electron chi connectivity index (χ3n) is 2.49. The van der Waals surface area contributed by atoms with Crippen molar-refractivity contribution in [2.24, 2.45) is 0 Å². The zero-order valence-corrected chi connectivity index (χ0v) is 9.84. The molecule has 17 heavy (non-hydrogen) atoms. The van der Waals surface area contributed by atoms with Crippen LogP contribution in [0.15, 0.2) is 24.4 Å². The number of nitrogens with zero attached hydrogens (tertiary/aromatic N) is 2. The van der Waals surface area contributed by atoms with Gasteiger partial charge in [0.1, 0.15) is 11.3 Å². The molecule has 0 saturated heterocycles. The highest BCUT2D eigenvalue weighted by atomic mass is 16.3. The Balaban J connectivity index is 2.24. The van der Waals surface area contributed by atoms with Gasteiger partial charge in [0, 0.05) is 18.4 Å². The molecule has 0 bridgehead atoms. The van der Waals surface area contributed by atoms with Crippen molar-refractivity contribution in [1.82, 2.24) is 14.7 Å². The molecule has 0 unspecified atom stereocenters. The minimum Gasteiger partial charge on any atom is -0.392 e. The lowest BCUT2D eigenvalue weighted by molar-refractivity contribution is 0.0919. The van der Waals surface area contributed by atoms with Gasteiger partial charge < -0.3 is 14.8 Å². The second-order valence-electron chi connectivity index (χ2n) is 4.08. The van der Waals surface area contributed by atoms with Crippen LogP contribution in [0.25, 0.3) is 5.65 Å². The predicted octanol–water partition coefficient (Wildman–Crippen LogP) is 0.753. The molecular formula is C12H15N3O2. The first-order valence-corrected chi connectivity index (χ1v) is 5.49. The molecular weight excluding hydrogens is 218 g/mol. The second kappa shape index (κ2) is 4.55. The first-order valence-electron chi connectivity index (χ1n) is 5.49. The average Bonchev–Trinajstić information content (AvgIpc) is 2.71. The Bertz CT molecular complexity index is 546. The Morgan fingerprint density at radius 3 is 3.00 bits per heavy atom. The maximum Gasteiger partial charge on any atom is 0.271 e. The van der Waals surface area contributed by atoms with Gasteiger partial charge in [-0.05, 0) is 26.0 Å². The fourth-order valence-corrected chi connectivity index (χ4v) is 1.59. The number of fused-ring (bicyclic) bond motifs is 1. The van der Waals surface area contributed by atoms with Gasteiger partial charge in [-0.15, -0.1) is 0 Å². The smallest absolute Gasteiger partial charge is 0.271 e. The molecule has 5 heteroatoms. The van der Waals surface area contributed by atoms with Gasteiger partial charge >= 0.3 is 0 Å². The summed E-state index contributed by atoms with van der Waals surface area (Å²) in [5.41, 5.74) is 2.12. The van der Waals surface area contributed by atoms with E-state index in [4.69, 9.17) is 5.11 Å². The van der Waals surface area contributed by atoms with E-state index in [2.05, 4.69) is 10.3 Å². The molecule has 0 aromatic carbocycles. The number of carbonyl (C=O) groups is 1. The van der Waals surface area contributed by atoms with Crippen molar-refractivity contribution in [3.05, 3.63) is 35.8 Å². The number of pyridine rings is 1. The van der Waals surface area contributed by atoms with Gasteiger partial charge in [-0.25, -0.2) is 4.98 Å². The Kier molecular flexibility index (Phi) is 3.10. The molecule has 90 valence electrons. The fraction of sp³-hybridized carbons (Fsp3) is 0.333. The van der Waals surface area contributed by atoms with E-state index in [1.165, 1.54) is 0 Å². The van der Waals surface area contributed by atoms with E-state index >= 15 is 0 Å². The zero-order chi connectivity index (χ0) is 12.4. The molecule has 1 amide bonds. The number of imidazole rings is 1. The Morgan fingerprint density at radius 2 is 2.35 bits per heavy atom. The Labute approximate surface area is 99.1 Å². The normalized spacial score (nSPS) is 12.6. The molecule has 0 aliphatic heterocycles. The predicted molar refractivity (Wildman–Crippen MR) is 63.9 cm³/mol. The van der Waals surface area contributed by atoms with Crippen LogP contribution in [0.3, 0.4) is 0 Å². The summed E-state index contributed by atoms with van der Waals surface area (Å²) >= 11 is 0. The number of aryl methyl sites for hydroxylation is 1. The summed E-state index contributed by atoms with van der Waals surface area (Å²) in [6.45, 7) is 3.80. The van der Waals surface area contributed by atoms with Crippen molar-refractivity contribution in [2.45, 2.75) is 20.0 Å². The number of aliphatic hydroxyl groups is 1. The lowest BCUT2D eigenvalue weighted by Crippen LogP contribution is -2.30. The van der Waals surface area contributed by atoms with Gasteiger partial charge in [0.2, 0.25) is 0 Å². The van der Waals surface area contributed by atoms with E-state index in [9.17, 15) is 4.79 Å². The molecule has 2 rings (SSSR count). The highest BCUT2D eigenvalue weighted by Gasteiger charge is 2.11. The molecule has 1 atom stereocenters. The van der Waals surface area contributed by atoms with Crippen molar-refractivity contribution in [3.63, 3.8) is 0 Å². The van der Waals surface area contributed by atoms with Gasteiger partial charge in [0.15, 0.2) is 0 Å². The third-order valence-corrected chi connectivity index (χ3v) is 2.49. The number of aromatic nitrogens is 2. The summed E-state index contributed by atoms with van der Waals surface area (Å²) < 4.78 is 1.86. The van der Waals surface area contributed by atoms with Gasteiger partial charge in [-0.2, -0.15) is 0 Å². The van der Waals surface area contributed by atoms with Gasteiger partial charge in [0.25, 0.3) is 5.91 Å². The number of carbonyl (C=O) groups excluding carboxylic acids is 1. The average molecular weight is 233 g/mol. The minimum absolute atomic E-state index is 0.228. The van der Waals surface area contributed by atoms with Crippen LogP contribution in [0.4, 0.5) is 0 Å². The van der Waals surface area contributed by atoms with Crippen molar-refractivity contribution in [1.29, 1.82) is 0 Å². The maximum absolute atomic E-state index is 11.7. The molecule has 0 radical (unpaired) electrons. The summed E-state index contributed by atoms with van der Waals surface area (Å²) in [5, 5.41) is 11.7. The van der Waals surface area contributed by atoms with Gasteiger partial charge in [-0.1, -0.05) is 6.07 Å². The lowest BCUT2D eigenvalue weighted by atomic mass is 10.3. The van der Waals surface area contributed by atoms with Crippen LogP contribution in [0.2, 0.25) is 0 Å². The molecule has 0 fully saturated rings. The monoisotopic (exact) mass is 233 g/mol. The highest BCUT2D eigenvalue weighted by Crippen LogP contribution is 2.08. The second-order valence-corrected chi connectivity index (χ2v) is 4.08. The quantitative estimate of drug-likeness (QED) is 0.822. The third kappa shape index (κ3) is 2.45. The van der Waals surface area contributed by atoms with E-state index in [-0.39, 0.29) is 12.5 Å². The molecule has 5 nitrogen and oxygen atoms in total. The summed E-state index contributed by atoms with van der Waals surface area (Å²) in [4.78, 5) is 16.0. The van der Waals surface area contributed by atoms with E-state index in [1.807, 2.05) is 29.5 Å². The van der Waals surface area contributed by atoms with Crippen LogP contribution in [0.5, 0.6) is 0 Å². The van der Waals surface area contributed by atoms with Crippen LogP contribution >= 0.6 is 0 Å². The SMILES string of the molecule is Cc1cccc2nc(C(=O)NC[C@@H](C)O)cn12. The van der Waals surface area contributed by atoms with Crippen LogP contribution in [-0.2, 0) is 0 Å². The van der Waals surface area contributed by atoms with E-state index in [1.54, 1.807) is 13.1 Å². The van der Waals surface area contributed by atoms with Crippen molar-refractivity contribution >= 4 is 11.6 Å². The standard InChI is InChI=1S/C12H15N3O2/c1-8-4-3-5-11-14-10(7-15(8)11)12(17)13-6-9(2)16/h3-5,7,9,16H,6H2,1-2H3,(H,13,17)/t9-/m1/s1. The number of rotatable bonds is 3. The number of hydrogen-bond acceptors (Lipinski definition) is 3. The molecule has 2 aromatic rings. The summed E-state index contributed by atoms with van der Waals surface area (Å²) in [5.74, 6) is -0.269. The van der Waals surface area contributed by atoms with Crippen molar-refractivity contribution in [2.75, 3.05) is 6.54 Å². The van der Waals surface area contributed by atoms with Crippen LogP contribution in [-0.4, -0.2) is 33.0 Å². The van der Waals surface area contributed by atoms with Crippen LogP contribution in [0.1, 0.15) is 23.1 Å². The van der Waals surface area contributed by atoms with Gasteiger partial charge in [0.05, 0.1) is 6.10 Å². The largest absolute Gasteiger partial charge is 0.392 e. The maximum atomic E-state index is 11.7. The fourth-order valence-electron chi connectivity index (χ4n) is 1.59. The van der Waals surface area contributed by atoms with Crippen molar-refractivity contribution < 1.29 is 9.90 Å². The number of hydrogen-bond donors (Lipinski definition) is 2. The lowest BCUT2D eigenvalue weighted by Gasteiger charge is -2.04. The van der Waals surface area contributed by atoms with E-state index < -0.39 is 6.10 Å². The number of aliphatic hydroxyl groups excluding tert-OH is 1. The first-order chi connectivity index (χ1) is 8.08. The number of nitrogens with one attached hydrogen (secondary N) is 1. The minimum atomic E-state index is -0.558. The first kappa shape index (κ1) is 11.6. The van der Waals surface area contributed by atoms with Crippen LogP contribution in [0, 0.1) is 6.92 Å². The molecule has 2 N–H and O–H groups in total. The summed E-state index contributed by atoms with van der Waals surface area (Å²) in [6.07, 6.45) is 1.14. The number of amides is 1. The van der Waals surface area contributed by atoms with E-state index in [0.29, 0.717) is 5.69 Å². The van der Waals surface area contributed by atoms with Crippen LogP contribution < -0.4 is 5.32 Å². The summed E-state index contributed by atoms with van der Waals surface area (Å²) in [7, 11) is 0. The zero-order valence-electron chi connectivity index (χ0n) is 9.84.